The molecule has 2 heterocycles. The molecule has 0 spiro atoms. The maximum absolute atomic E-state index is 12.5. The number of nitrogens with one attached hydrogen (secondary N) is 2. The zero-order chi connectivity index (χ0) is 19.3. The van der Waals surface area contributed by atoms with E-state index in [9.17, 15) is 4.79 Å². The number of fused-ring (bicyclic) bond motifs is 1. The summed E-state index contributed by atoms with van der Waals surface area (Å²) in [5.74, 6) is -0.106. The number of aryl methyl sites for hydroxylation is 1. The predicted molar refractivity (Wildman–Crippen MR) is 113 cm³/mol. The number of nitrogens with zero attached hydrogens (tertiary/aromatic N) is 3. The maximum atomic E-state index is 12.5. The number of carbonyl (C=O) groups is 1. The number of piperazine rings is 1. The largest absolute Gasteiger partial charge is 0.369 e. The fourth-order valence-corrected chi connectivity index (χ4v) is 3.76. The first-order valence-corrected chi connectivity index (χ1v) is 9.96. The molecule has 3 aromatic rings. The molecule has 1 fully saturated rings. The van der Waals surface area contributed by atoms with E-state index in [0.717, 1.165) is 55.6 Å². The van der Waals surface area contributed by atoms with Gasteiger partial charge in [-0.05, 0) is 44.2 Å². The number of aromatic nitrogens is 2. The van der Waals surface area contributed by atoms with Gasteiger partial charge in [0.05, 0.1) is 5.52 Å². The van der Waals surface area contributed by atoms with Crippen molar-refractivity contribution in [2.24, 2.45) is 0 Å². The molecule has 0 unspecified atom stereocenters. The summed E-state index contributed by atoms with van der Waals surface area (Å²) in [5, 5.41) is 11.0. The molecule has 1 saturated heterocycles. The number of aromatic amines is 1. The number of hydrogen-bond acceptors (Lipinski definition) is 4. The maximum Gasteiger partial charge on any atom is 0.272 e. The number of carbonyl (C=O) groups excluding carboxylic acids is 1. The lowest BCUT2D eigenvalue weighted by atomic mass is 10.1. The van der Waals surface area contributed by atoms with Crippen LogP contribution in [-0.4, -0.2) is 60.3 Å². The van der Waals surface area contributed by atoms with Crippen LogP contribution >= 0.6 is 0 Å². The van der Waals surface area contributed by atoms with E-state index in [1.54, 1.807) is 0 Å². The van der Waals surface area contributed by atoms with Gasteiger partial charge in [0.2, 0.25) is 0 Å². The molecule has 0 radical (unpaired) electrons. The Bertz CT molecular complexity index is 929. The average Bonchev–Trinajstić information content (AvgIpc) is 3.15. The standard InChI is InChI=1S/C22H27N5O/c1-17-8-9-20-19(16-17)21(25-24-20)22(28)23-10-5-11-26-12-14-27(15-13-26)18-6-3-2-4-7-18/h2-4,6-9,16H,5,10-15H2,1H3,(H,23,28)(H,24,25). The van der Waals surface area contributed by atoms with E-state index in [1.165, 1.54) is 5.69 Å². The van der Waals surface area contributed by atoms with Gasteiger partial charge < -0.3 is 10.2 Å². The summed E-state index contributed by atoms with van der Waals surface area (Å²) in [6.07, 6.45) is 0.943. The normalized spacial score (nSPS) is 15.1. The Balaban J connectivity index is 1.21. The number of para-hydroxylation sites is 1. The highest BCUT2D eigenvalue weighted by Gasteiger charge is 2.17. The van der Waals surface area contributed by atoms with Crippen LogP contribution in [0.5, 0.6) is 0 Å². The van der Waals surface area contributed by atoms with Crippen LogP contribution in [0.4, 0.5) is 5.69 Å². The molecule has 4 rings (SSSR count). The average molecular weight is 377 g/mol. The zero-order valence-electron chi connectivity index (χ0n) is 16.3. The van der Waals surface area contributed by atoms with Crippen LogP contribution in [0.25, 0.3) is 10.9 Å². The third-order valence-corrected chi connectivity index (χ3v) is 5.36. The van der Waals surface area contributed by atoms with E-state index >= 15 is 0 Å². The second kappa shape index (κ2) is 8.44. The van der Waals surface area contributed by atoms with E-state index < -0.39 is 0 Å². The molecule has 0 saturated carbocycles. The van der Waals surface area contributed by atoms with Gasteiger partial charge in [-0.2, -0.15) is 5.10 Å². The summed E-state index contributed by atoms with van der Waals surface area (Å²) in [4.78, 5) is 17.4. The lowest BCUT2D eigenvalue weighted by Gasteiger charge is -2.36. The van der Waals surface area contributed by atoms with Gasteiger partial charge in [0.1, 0.15) is 0 Å². The van der Waals surface area contributed by atoms with Crippen molar-refractivity contribution < 1.29 is 4.79 Å². The van der Waals surface area contributed by atoms with E-state index in [-0.39, 0.29) is 5.91 Å². The van der Waals surface area contributed by atoms with Crippen molar-refractivity contribution in [3.8, 4) is 0 Å². The smallest absolute Gasteiger partial charge is 0.272 e. The minimum Gasteiger partial charge on any atom is -0.369 e. The van der Waals surface area contributed by atoms with Gasteiger partial charge in [-0.1, -0.05) is 29.8 Å². The number of rotatable bonds is 6. The summed E-state index contributed by atoms with van der Waals surface area (Å²) >= 11 is 0. The summed E-state index contributed by atoms with van der Waals surface area (Å²) in [5.41, 5.74) is 3.80. The quantitative estimate of drug-likeness (QED) is 0.649. The van der Waals surface area contributed by atoms with Crippen LogP contribution in [0.3, 0.4) is 0 Å². The third kappa shape index (κ3) is 4.17. The molecular formula is C22H27N5O. The molecule has 6 heteroatoms. The highest BCUT2D eigenvalue weighted by Crippen LogP contribution is 2.17. The van der Waals surface area contributed by atoms with Crippen molar-refractivity contribution in [2.45, 2.75) is 13.3 Å². The Labute approximate surface area is 165 Å². The summed E-state index contributed by atoms with van der Waals surface area (Å²) in [6.45, 7) is 7.91. The van der Waals surface area contributed by atoms with Crippen molar-refractivity contribution in [1.82, 2.24) is 20.4 Å². The molecule has 2 N–H and O–H groups in total. The van der Waals surface area contributed by atoms with Crippen molar-refractivity contribution in [1.29, 1.82) is 0 Å². The minimum absolute atomic E-state index is 0.106. The monoisotopic (exact) mass is 377 g/mol. The van der Waals surface area contributed by atoms with Crippen molar-refractivity contribution in [3.63, 3.8) is 0 Å². The molecule has 1 amide bonds. The SMILES string of the molecule is Cc1ccc2[nH]nc(C(=O)NCCCN3CCN(c4ccccc4)CC3)c2c1. The van der Waals surface area contributed by atoms with Gasteiger partial charge in [0.15, 0.2) is 5.69 Å². The molecule has 146 valence electrons. The topological polar surface area (TPSA) is 64.3 Å². The molecule has 1 aliphatic heterocycles. The van der Waals surface area contributed by atoms with Gasteiger partial charge in [-0.3, -0.25) is 14.8 Å². The fourth-order valence-electron chi connectivity index (χ4n) is 3.76. The second-order valence-electron chi connectivity index (χ2n) is 7.39. The predicted octanol–water partition coefficient (Wildman–Crippen LogP) is 2.81. The lowest BCUT2D eigenvalue weighted by molar-refractivity contribution is 0.0948. The number of amides is 1. The summed E-state index contributed by atoms with van der Waals surface area (Å²) < 4.78 is 0. The van der Waals surface area contributed by atoms with Crippen LogP contribution in [0.15, 0.2) is 48.5 Å². The molecule has 2 aromatic carbocycles. The van der Waals surface area contributed by atoms with Crippen molar-refractivity contribution in [2.75, 3.05) is 44.2 Å². The summed E-state index contributed by atoms with van der Waals surface area (Å²) in [6, 6.07) is 16.6. The zero-order valence-corrected chi connectivity index (χ0v) is 16.3. The molecule has 0 aliphatic carbocycles. The third-order valence-electron chi connectivity index (χ3n) is 5.36. The lowest BCUT2D eigenvalue weighted by Crippen LogP contribution is -2.47. The van der Waals surface area contributed by atoms with Crippen LogP contribution < -0.4 is 10.2 Å². The number of anilines is 1. The summed E-state index contributed by atoms with van der Waals surface area (Å²) in [7, 11) is 0. The molecule has 1 aliphatic rings. The molecule has 0 atom stereocenters. The Morgan fingerprint density at radius 2 is 1.89 bits per heavy atom. The van der Waals surface area contributed by atoms with E-state index in [2.05, 4.69) is 55.6 Å². The van der Waals surface area contributed by atoms with Crippen LogP contribution in [-0.2, 0) is 0 Å². The molecular weight excluding hydrogens is 350 g/mol. The van der Waals surface area contributed by atoms with Crippen molar-refractivity contribution in [3.05, 3.63) is 59.8 Å². The second-order valence-corrected chi connectivity index (χ2v) is 7.39. The van der Waals surface area contributed by atoms with Gasteiger partial charge in [0.25, 0.3) is 5.91 Å². The van der Waals surface area contributed by atoms with Gasteiger partial charge in [0, 0.05) is 43.8 Å². The first-order valence-electron chi connectivity index (χ1n) is 9.96. The van der Waals surface area contributed by atoms with E-state index in [4.69, 9.17) is 0 Å². The van der Waals surface area contributed by atoms with E-state index in [0.29, 0.717) is 12.2 Å². The molecule has 1 aromatic heterocycles. The highest BCUT2D eigenvalue weighted by atomic mass is 16.1. The fraction of sp³-hybridized carbons (Fsp3) is 0.364. The Morgan fingerprint density at radius 3 is 2.68 bits per heavy atom. The van der Waals surface area contributed by atoms with Gasteiger partial charge in [-0.15, -0.1) is 0 Å². The Kier molecular flexibility index (Phi) is 5.58. The highest BCUT2D eigenvalue weighted by molar-refractivity contribution is 6.04. The Morgan fingerprint density at radius 1 is 1.11 bits per heavy atom. The first-order chi connectivity index (χ1) is 13.7. The van der Waals surface area contributed by atoms with Crippen LogP contribution in [0, 0.1) is 6.92 Å². The number of H-pyrrole nitrogens is 1. The van der Waals surface area contributed by atoms with Crippen LogP contribution in [0.2, 0.25) is 0 Å². The Hall–Kier alpha value is -2.86. The molecule has 28 heavy (non-hydrogen) atoms. The van der Waals surface area contributed by atoms with E-state index in [1.807, 2.05) is 25.1 Å². The minimum atomic E-state index is -0.106. The van der Waals surface area contributed by atoms with Gasteiger partial charge >= 0.3 is 0 Å². The van der Waals surface area contributed by atoms with Gasteiger partial charge in [-0.25, -0.2) is 0 Å². The number of hydrogen-bond donors (Lipinski definition) is 2. The molecule has 6 nitrogen and oxygen atoms in total. The van der Waals surface area contributed by atoms with Crippen LogP contribution in [0.1, 0.15) is 22.5 Å². The van der Waals surface area contributed by atoms with Crippen molar-refractivity contribution >= 4 is 22.5 Å². The molecule has 0 bridgehead atoms. The number of benzene rings is 2. The first kappa shape index (κ1) is 18.5.